The van der Waals surface area contributed by atoms with Gasteiger partial charge in [0, 0.05) is 83.7 Å². The van der Waals surface area contributed by atoms with Crippen LogP contribution in [0, 0.1) is 23.7 Å². The number of primary amides is 1. The van der Waals surface area contributed by atoms with Crippen molar-refractivity contribution in [3.05, 3.63) is 100 Å². The smallest absolute Gasteiger partial charge is 0.408 e. The number of rotatable bonds is 39. The molecule has 1 aliphatic heterocycles. The van der Waals surface area contributed by atoms with Crippen molar-refractivity contribution < 1.29 is 80.5 Å². The molecule has 0 saturated carbocycles. The van der Waals surface area contributed by atoms with E-state index in [9.17, 15) is 66.3 Å². The summed E-state index contributed by atoms with van der Waals surface area (Å²) >= 11 is 1.45. The number of urea groups is 1. The quantitative estimate of drug-likeness (QED) is 0.0223. The highest BCUT2D eigenvalue weighted by Crippen LogP contribution is 2.32. The predicted molar refractivity (Wildman–Crippen MR) is 382 cm³/mol. The zero-order chi connectivity index (χ0) is 76.6. The highest BCUT2D eigenvalue weighted by molar-refractivity contribution is 7.90. The van der Waals surface area contributed by atoms with E-state index in [0.29, 0.717) is 37.8 Å². The lowest BCUT2D eigenvalue weighted by Crippen LogP contribution is -2.62. The molecule has 31 nitrogen and oxygen atoms in total. The molecule has 1 aliphatic rings. The number of alkyl carbamates (subject to hydrolysis) is 1. The Morgan fingerprint density at radius 1 is 0.796 bits per heavy atom. The molecule has 4 aromatic rings. The number of methoxy groups -OCH3 is 2. The number of thiazole rings is 1. The SMILES string of the molecule is CC[C@H](C)[C@@H]([C@@H](CC(=O)N1CCC[C@H]1[C@H](OC)[C@@H](C)C(=O)N[C@@H](Cc1ccccc1)c1nccs1)OC)N(C)C(=O)[C@@H](NC(=O)C(C)(C)NC(=O)OCc1ccc(N(C(=O)[C@@H](NC(=O)[C@H](CCNC(=O)c2cnc(S(C)(=O)=O)nc2)NC(C)=O)C(C)C)[C@@H](CCCNC(N)=O)C(=O)O)cc1)C(C)C. The van der Waals surface area contributed by atoms with E-state index in [0.717, 1.165) is 41.0 Å². The maximum atomic E-state index is 14.9. The van der Waals surface area contributed by atoms with Gasteiger partial charge in [-0.25, -0.2) is 37.8 Å². The van der Waals surface area contributed by atoms with Gasteiger partial charge in [0.25, 0.3) is 11.8 Å². The molecule has 0 spiro atoms. The molecule has 0 unspecified atom stereocenters. The minimum absolute atomic E-state index is 0.0275. The molecule has 1 fully saturated rings. The first-order valence-electron chi connectivity index (χ1n) is 34.2. The number of carboxylic acid groups (broad SMARTS) is 1. The maximum absolute atomic E-state index is 14.9. The number of likely N-dealkylation sites (tertiary alicyclic amines) is 1. The van der Waals surface area contributed by atoms with Crippen molar-refractivity contribution in [2.75, 3.05) is 52.1 Å². The van der Waals surface area contributed by atoms with E-state index in [-0.39, 0.29) is 67.8 Å². The van der Waals surface area contributed by atoms with Crippen LogP contribution in [0.3, 0.4) is 0 Å². The van der Waals surface area contributed by atoms with Crippen LogP contribution >= 0.6 is 11.3 Å². The van der Waals surface area contributed by atoms with Crippen LogP contribution in [-0.2, 0) is 75.4 Å². The summed E-state index contributed by atoms with van der Waals surface area (Å²) < 4.78 is 41.3. The van der Waals surface area contributed by atoms with Gasteiger partial charge in [0.05, 0.1) is 48.2 Å². The monoisotopic (exact) mass is 1470 g/mol. The lowest BCUT2D eigenvalue weighted by molar-refractivity contribution is -0.148. The van der Waals surface area contributed by atoms with Crippen LogP contribution in [0.15, 0.2) is 83.7 Å². The molecule has 1 saturated heterocycles. The fourth-order valence-electron chi connectivity index (χ4n) is 12.2. The molecule has 5 rings (SSSR count). The Bertz CT molecular complexity index is 3640. The first kappa shape index (κ1) is 84.4. The van der Waals surface area contributed by atoms with Crippen molar-refractivity contribution in [3.8, 4) is 0 Å². The van der Waals surface area contributed by atoms with E-state index in [1.807, 2.05) is 49.6 Å². The minimum atomic E-state index is -3.76. The van der Waals surface area contributed by atoms with E-state index in [1.165, 1.54) is 68.6 Å². The van der Waals surface area contributed by atoms with Crippen LogP contribution in [0.2, 0.25) is 0 Å². The van der Waals surface area contributed by atoms with Crippen LogP contribution in [0.1, 0.15) is 147 Å². The van der Waals surface area contributed by atoms with Gasteiger partial charge in [-0.2, -0.15) is 0 Å². The summed E-state index contributed by atoms with van der Waals surface area (Å²) in [5.41, 5.74) is 4.86. The molecule has 0 bridgehead atoms. The third-order valence-corrected chi connectivity index (χ3v) is 19.8. The fourth-order valence-corrected chi connectivity index (χ4v) is 13.4. The average molecular weight is 1480 g/mol. The predicted octanol–water partition coefficient (Wildman–Crippen LogP) is 4.20. The lowest BCUT2D eigenvalue weighted by atomic mass is 9.89. The van der Waals surface area contributed by atoms with Crippen LogP contribution in [0.4, 0.5) is 15.3 Å². The first-order valence-corrected chi connectivity index (χ1v) is 37.0. The number of anilines is 1. The molecular weight excluding hydrogens is 1370 g/mol. The second-order valence-corrected chi connectivity index (χ2v) is 29.8. The molecule has 11 atom stereocenters. The van der Waals surface area contributed by atoms with Gasteiger partial charge >= 0.3 is 18.1 Å². The van der Waals surface area contributed by atoms with Crippen LogP contribution in [0.5, 0.6) is 0 Å². The Kier molecular flexibility index (Phi) is 32.3. The minimum Gasteiger partial charge on any atom is -0.480 e. The molecule has 103 heavy (non-hydrogen) atoms. The number of ether oxygens (including phenoxy) is 3. The molecule has 0 radical (unpaired) electrons. The van der Waals surface area contributed by atoms with Gasteiger partial charge in [-0.1, -0.05) is 97.4 Å². The Balaban J connectivity index is 1.26. The Morgan fingerprint density at radius 2 is 1.44 bits per heavy atom. The number of carboxylic acids is 1. The molecule has 2 aromatic carbocycles. The number of aromatic nitrogens is 3. The van der Waals surface area contributed by atoms with E-state index in [1.54, 1.807) is 52.8 Å². The summed E-state index contributed by atoms with van der Waals surface area (Å²) in [6, 6.07) is 7.62. The number of nitrogens with two attached hydrogens (primary N) is 1. The second-order valence-electron chi connectivity index (χ2n) is 26.9. The number of nitrogens with one attached hydrogen (secondary N) is 7. The maximum Gasteiger partial charge on any atom is 0.408 e. The van der Waals surface area contributed by atoms with Gasteiger partial charge in [-0.15, -0.1) is 11.3 Å². The topological polar surface area (TPSA) is 428 Å². The third-order valence-electron chi connectivity index (χ3n) is 18.0. The number of likely N-dealkylation sites (N-methyl/N-ethyl adjacent to an activating group) is 1. The molecule has 33 heteroatoms. The number of nitrogens with zero attached hydrogens (tertiary/aromatic N) is 6. The third kappa shape index (κ3) is 24.5. The highest BCUT2D eigenvalue weighted by atomic mass is 32.2. The van der Waals surface area contributed by atoms with Gasteiger partial charge in [0.15, 0.2) is 0 Å². The number of sulfone groups is 1. The van der Waals surface area contributed by atoms with Crippen molar-refractivity contribution in [2.45, 2.75) is 192 Å². The number of carbonyl (C=O) groups excluding carboxylic acids is 10. The van der Waals surface area contributed by atoms with Crippen LogP contribution in [-0.4, -0.2) is 205 Å². The molecule has 3 heterocycles. The second kappa shape index (κ2) is 39.4. The van der Waals surface area contributed by atoms with Crippen molar-refractivity contribution in [1.82, 2.24) is 62.0 Å². The first-order chi connectivity index (χ1) is 48.5. The molecule has 0 aliphatic carbocycles. The van der Waals surface area contributed by atoms with Crippen molar-refractivity contribution >= 4 is 92.2 Å². The van der Waals surface area contributed by atoms with Crippen molar-refractivity contribution in [2.24, 2.45) is 29.4 Å². The van der Waals surface area contributed by atoms with Gasteiger partial charge in [0.1, 0.15) is 41.3 Å². The lowest BCUT2D eigenvalue weighted by Gasteiger charge is -2.41. The number of amides is 11. The van der Waals surface area contributed by atoms with Crippen molar-refractivity contribution in [3.63, 3.8) is 0 Å². The zero-order valence-electron chi connectivity index (χ0n) is 61.1. The molecular formula is C70H102N14O17S2. The van der Waals surface area contributed by atoms with E-state index < -0.39 is 153 Å². The standard InChI is InChI=1S/C70H102N14O17S2/c1-15-42(6)57(53(99-12)36-54(86)83-33-20-24-51(83)58(100-13)43(7)59(87)78-50(62-73-32-34-102-62)35-45-21-17-16-18-22-45)82(11)63(90)55(40(2)3)80-66(94)70(9,10)81-69(96)101-39-46-25-27-48(28-26-46)84(52(65(92)93)23-19-30-74-67(71)95)64(91)56(41(4)5)79-61(89)49(77-44(8)85)29-31-72-60(88)47-37-75-68(76-38-47)103(14,97)98/h16-18,21-22,25-28,32,34,37-38,40-43,49-53,55-58H,15,19-20,23-24,29-31,33,35-36,39H2,1-14H3,(H,72,88)(H,77,85)(H,78,87)(H,79,89)(H,80,94)(H,81,96)(H,92,93)(H3,71,74,95)/t42-,43+,49-,50-,51-,52-,53+,55-,56-,57-,58+/m0/s1. The summed E-state index contributed by atoms with van der Waals surface area (Å²) in [7, 11) is 0.865. The Morgan fingerprint density at radius 3 is 1.99 bits per heavy atom. The van der Waals surface area contributed by atoms with Gasteiger partial charge in [-0.05, 0) is 93.4 Å². The number of carbonyl (C=O) groups is 11. The van der Waals surface area contributed by atoms with Crippen LogP contribution in [0.25, 0.3) is 0 Å². The highest BCUT2D eigenvalue weighted by Gasteiger charge is 2.45. The Labute approximate surface area is 606 Å². The van der Waals surface area contributed by atoms with E-state index in [4.69, 9.17) is 19.9 Å². The number of aliphatic carboxylic acids is 1. The van der Waals surface area contributed by atoms with Crippen LogP contribution < -0.4 is 47.9 Å². The molecule has 11 amide bonds. The fraction of sp³-hybridized carbons (Fsp3) is 0.571. The number of hydrogen-bond acceptors (Lipinski definition) is 20. The van der Waals surface area contributed by atoms with Crippen molar-refractivity contribution in [1.29, 1.82) is 0 Å². The average Bonchev–Trinajstić information content (AvgIpc) is 1.49. The molecule has 566 valence electrons. The van der Waals surface area contributed by atoms with E-state index in [2.05, 4.69) is 52.2 Å². The summed E-state index contributed by atoms with van der Waals surface area (Å²) in [5, 5.41) is 31.5. The molecule has 10 N–H and O–H groups in total. The Hall–Kier alpha value is -9.21. The van der Waals surface area contributed by atoms with E-state index >= 15 is 0 Å². The summed E-state index contributed by atoms with van der Waals surface area (Å²) in [5.74, 6) is -8.34. The number of benzene rings is 2. The molecule has 2 aromatic heterocycles. The zero-order valence-corrected chi connectivity index (χ0v) is 62.7. The summed E-state index contributed by atoms with van der Waals surface area (Å²) in [4.78, 5) is 166. The number of hydrogen-bond donors (Lipinski definition) is 9. The van der Waals surface area contributed by atoms with Gasteiger partial charge in [-0.3, -0.25) is 43.3 Å². The summed E-state index contributed by atoms with van der Waals surface area (Å²) in [6.07, 6.45) is 3.95. The van der Waals surface area contributed by atoms with Gasteiger partial charge in [0.2, 0.25) is 50.4 Å². The normalized spacial score (nSPS) is 16.0. The summed E-state index contributed by atoms with van der Waals surface area (Å²) in [6.45, 7) is 16.1. The largest absolute Gasteiger partial charge is 0.480 e. The van der Waals surface area contributed by atoms with Gasteiger partial charge < -0.3 is 72.1 Å².